The number of hydrogen-bond donors (Lipinski definition) is 1. The van der Waals surface area contributed by atoms with Crippen LogP contribution in [0.1, 0.15) is 15.9 Å². The van der Waals surface area contributed by atoms with Gasteiger partial charge in [0.05, 0.1) is 11.3 Å². The molecule has 0 amide bonds. The van der Waals surface area contributed by atoms with Crippen molar-refractivity contribution in [2.24, 2.45) is 14.1 Å². The standard InChI is InChI=1S/C13H11F2N3O3/c1-17-5-8(12(20)18(2)13(17)21)11(19)7-3-6(14)4-9(16)10(7)15/h3-5H,16H2,1-2H3. The first-order valence-electron chi connectivity index (χ1n) is 5.80. The average molecular weight is 295 g/mol. The summed E-state index contributed by atoms with van der Waals surface area (Å²) in [5.74, 6) is -3.06. The lowest BCUT2D eigenvalue weighted by molar-refractivity contribution is 0.103. The van der Waals surface area contributed by atoms with Gasteiger partial charge in [-0.15, -0.1) is 0 Å². The number of carbonyl (C=O) groups is 1. The zero-order valence-corrected chi connectivity index (χ0v) is 11.2. The number of nitrogens with two attached hydrogens (primary N) is 1. The second-order valence-corrected chi connectivity index (χ2v) is 4.49. The largest absolute Gasteiger partial charge is 0.396 e. The number of carbonyl (C=O) groups excluding carboxylic acids is 1. The van der Waals surface area contributed by atoms with Gasteiger partial charge in [0, 0.05) is 20.3 Å². The van der Waals surface area contributed by atoms with Gasteiger partial charge in [0.2, 0.25) is 5.78 Å². The van der Waals surface area contributed by atoms with Gasteiger partial charge in [-0.2, -0.15) is 0 Å². The third-order valence-electron chi connectivity index (χ3n) is 3.00. The molecule has 0 spiro atoms. The van der Waals surface area contributed by atoms with Gasteiger partial charge in [-0.05, 0) is 12.1 Å². The molecule has 0 fully saturated rings. The van der Waals surface area contributed by atoms with Crippen LogP contribution in [-0.2, 0) is 14.1 Å². The van der Waals surface area contributed by atoms with E-state index in [2.05, 4.69) is 0 Å². The highest BCUT2D eigenvalue weighted by molar-refractivity contribution is 6.09. The first-order valence-corrected chi connectivity index (χ1v) is 5.80. The van der Waals surface area contributed by atoms with E-state index in [0.29, 0.717) is 10.6 Å². The first kappa shape index (κ1) is 14.6. The summed E-state index contributed by atoms with van der Waals surface area (Å²) < 4.78 is 28.8. The van der Waals surface area contributed by atoms with Crippen molar-refractivity contribution >= 4 is 11.5 Å². The summed E-state index contributed by atoms with van der Waals surface area (Å²) in [5.41, 5.74) is 2.05. The molecule has 0 saturated heterocycles. The Kier molecular flexibility index (Phi) is 3.46. The van der Waals surface area contributed by atoms with E-state index in [-0.39, 0.29) is 0 Å². The summed E-state index contributed by atoms with van der Waals surface area (Å²) in [4.78, 5) is 35.7. The number of aromatic nitrogens is 2. The maximum atomic E-state index is 13.8. The van der Waals surface area contributed by atoms with E-state index in [1.54, 1.807) is 0 Å². The van der Waals surface area contributed by atoms with E-state index in [1.165, 1.54) is 14.1 Å². The van der Waals surface area contributed by atoms with Gasteiger partial charge < -0.3 is 10.3 Å². The van der Waals surface area contributed by atoms with Crippen molar-refractivity contribution in [3.05, 3.63) is 61.9 Å². The Bertz CT molecular complexity index is 868. The SMILES string of the molecule is Cn1cc(C(=O)c2cc(F)cc(N)c2F)c(=O)n(C)c1=O. The van der Waals surface area contributed by atoms with Crippen LogP contribution in [0.2, 0.25) is 0 Å². The monoisotopic (exact) mass is 295 g/mol. The molecule has 2 aromatic rings. The van der Waals surface area contributed by atoms with Crippen LogP contribution in [0.3, 0.4) is 0 Å². The van der Waals surface area contributed by atoms with Crippen molar-refractivity contribution in [3.8, 4) is 0 Å². The number of nitrogen functional groups attached to an aromatic ring is 1. The highest BCUT2D eigenvalue weighted by atomic mass is 19.1. The van der Waals surface area contributed by atoms with Crippen LogP contribution in [-0.4, -0.2) is 14.9 Å². The number of hydrogen-bond acceptors (Lipinski definition) is 4. The quantitative estimate of drug-likeness (QED) is 0.632. The van der Waals surface area contributed by atoms with Gasteiger partial charge in [-0.1, -0.05) is 0 Å². The summed E-state index contributed by atoms with van der Waals surface area (Å²) >= 11 is 0. The molecule has 1 heterocycles. The lowest BCUT2D eigenvalue weighted by Gasteiger charge is -2.08. The minimum absolute atomic E-state index is 0.455. The zero-order chi connectivity index (χ0) is 15.9. The van der Waals surface area contributed by atoms with Crippen LogP contribution in [0.4, 0.5) is 14.5 Å². The van der Waals surface area contributed by atoms with E-state index in [9.17, 15) is 23.2 Å². The lowest BCUT2D eigenvalue weighted by Crippen LogP contribution is -2.39. The van der Waals surface area contributed by atoms with Crippen molar-refractivity contribution in [2.45, 2.75) is 0 Å². The van der Waals surface area contributed by atoms with Gasteiger partial charge in [0.25, 0.3) is 5.56 Å². The fraction of sp³-hybridized carbons (Fsp3) is 0.154. The highest BCUT2D eigenvalue weighted by Gasteiger charge is 2.22. The Balaban J connectivity index is 2.73. The number of rotatable bonds is 2. The van der Waals surface area contributed by atoms with Gasteiger partial charge in [0.15, 0.2) is 5.82 Å². The number of benzene rings is 1. The number of nitrogens with zero attached hydrogens (tertiary/aromatic N) is 2. The van der Waals surface area contributed by atoms with Gasteiger partial charge in [0.1, 0.15) is 11.4 Å². The molecule has 8 heteroatoms. The van der Waals surface area contributed by atoms with Crippen LogP contribution in [0.15, 0.2) is 27.9 Å². The predicted octanol–water partition coefficient (Wildman–Crippen LogP) is 0.175. The summed E-state index contributed by atoms with van der Waals surface area (Å²) in [6, 6.07) is 1.38. The average Bonchev–Trinajstić information content (AvgIpc) is 2.43. The van der Waals surface area contributed by atoms with Crippen molar-refractivity contribution in [1.82, 2.24) is 9.13 Å². The highest BCUT2D eigenvalue weighted by Crippen LogP contribution is 2.19. The fourth-order valence-corrected chi connectivity index (χ4v) is 1.88. The van der Waals surface area contributed by atoms with Crippen molar-refractivity contribution in [3.63, 3.8) is 0 Å². The minimum Gasteiger partial charge on any atom is -0.396 e. The predicted molar refractivity (Wildman–Crippen MR) is 71.1 cm³/mol. The maximum absolute atomic E-state index is 13.8. The molecule has 0 saturated carbocycles. The Labute approximate surface area is 117 Å². The molecule has 110 valence electrons. The van der Waals surface area contributed by atoms with E-state index in [1.807, 2.05) is 0 Å². The Hall–Kier alpha value is -2.77. The van der Waals surface area contributed by atoms with E-state index >= 15 is 0 Å². The third kappa shape index (κ3) is 2.35. The smallest absolute Gasteiger partial charge is 0.330 e. The number of anilines is 1. The van der Waals surface area contributed by atoms with Crippen LogP contribution in [0.25, 0.3) is 0 Å². The molecule has 0 aliphatic carbocycles. The topological polar surface area (TPSA) is 87.1 Å². The third-order valence-corrected chi connectivity index (χ3v) is 3.00. The van der Waals surface area contributed by atoms with Gasteiger partial charge in [-0.25, -0.2) is 13.6 Å². The molecule has 1 aromatic heterocycles. The van der Waals surface area contributed by atoms with Gasteiger partial charge >= 0.3 is 5.69 Å². The fourth-order valence-electron chi connectivity index (χ4n) is 1.88. The normalized spacial score (nSPS) is 10.7. The molecular weight excluding hydrogens is 284 g/mol. The molecule has 0 unspecified atom stereocenters. The Morgan fingerprint density at radius 1 is 1.14 bits per heavy atom. The summed E-state index contributed by atoms with van der Waals surface area (Å²) in [5, 5.41) is 0. The zero-order valence-electron chi connectivity index (χ0n) is 11.2. The van der Waals surface area contributed by atoms with E-state index in [4.69, 9.17) is 5.73 Å². The summed E-state index contributed by atoms with van der Waals surface area (Å²) in [7, 11) is 2.51. The Morgan fingerprint density at radius 3 is 2.38 bits per heavy atom. The van der Waals surface area contributed by atoms with Crippen molar-refractivity contribution < 1.29 is 13.6 Å². The number of ketones is 1. The molecule has 0 aliphatic rings. The lowest BCUT2D eigenvalue weighted by atomic mass is 10.0. The molecule has 2 rings (SSSR count). The van der Waals surface area contributed by atoms with Crippen LogP contribution in [0.5, 0.6) is 0 Å². The van der Waals surface area contributed by atoms with Crippen molar-refractivity contribution in [1.29, 1.82) is 0 Å². The van der Waals surface area contributed by atoms with Crippen LogP contribution in [0, 0.1) is 11.6 Å². The first-order chi connectivity index (χ1) is 9.73. The molecule has 1 aromatic carbocycles. The second-order valence-electron chi connectivity index (χ2n) is 4.49. The molecule has 2 N–H and O–H groups in total. The minimum atomic E-state index is -1.11. The van der Waals surface area contributed by atoms with Gasteiger partial charge in [-0.3, -0.25) is 14.2 Å². The van der Waals surface area contributed by atoms with E-state index in [0.717, 1.165) is 16.8 Å². The molecular formula is C13H11F2N3O3. The molecule has 21 heavy (non-hydrogen) atoms. The van der Waals surface area contributed by atoms with E-state index < -0.39 is 45.5 Å². The molecule has 0 atom stereocenters. The Morgan fingerprint density at radius 2 is 1.76 bits per heavy atom. The number of halogens is 2. The maximum Gasteiger partial charge on any atom is 0.330 e. The van der Waals surface area contributed by atoms with Crippen LogP contribution < -0.4 is 17.0 Å². The number of aryl methyl sites for hydroxylation is 1. The summed E-state index contributed by atoms with van der Waals surface area (Å²) in [6.45, 7) is 0. The molecule has 0 bridgehead atoms. The molecule has 6 nitrogen and oxygen atoms in total. The van der Waals surface area contributed by atoms with Crippen molar-refractivity contribution in [2.75, 3.05) is 5.73 Å². The molecule has 0 aliphatic heterocycles. The second kappa shape index (κ2) is 4.97. The summed E-state index contributed by atoms with van der Waals surface area (Å²) in [6.07, 6.45) is 0.980. The van der Waals surface area contributed by atoms with Crippen LogP contribution >= 0.6 is 0 Å². The molecule has 0 radical (unpaired) electrons.